The van der Waals surface area contributed by atoms with Crippen LogP contribution in [0, 0.1) is 13.8 Å². The monoisotopic (exact) mass is 174 g/mol. The number of halogens is 1. The fourth-order valence-corrected chi connectivity index (χ4v) is 1.36. The van der Waals surface area contributed by atoms with Gasteiger partial charge >= 0.3 is 0 Å². The molecule has 0 atom stereocenters. The molecule has 1 rings (SSSR count). The van der Waals surface area contributed by atoms with E-state index in [9.17, 15) is 0 Å². The van der Waals surface area contributed by atoms with Crippen molar-refractivity contribution in [2.24, 2.45) is 7.05 Å². The normalized spacial score (nSPS) is 9.45. The van der Waals surface area contributed by atoms with Crippen LogP contribution in [0.2, 0.25) is 0 Å². The van der Waals surface area contributed by atoms with Gasteiger partial charge in [-0.25, -0.2) is 0 Å². The van der Waals surface area contributed by atoms with Gasteiger partial charge in [0.05, 0.1) is 12.2 Å². The van der Waals surface area contributed by atoms with Gasteiger partial charge in [0.15, 0.2) is 7.05 Å². The predicted molar refractivity (Wildman–Crippen MR) is 40.8 cm³/mol. The van der Waals surface area contributed by atoms with Gasteiger partial charge < -0.3 is 12.4 Å². The third kappa shape index (κ3) is 1.74. The molecule has 0 N–H and O–H groups in total. The first-order valence-electron chi connectivity index (χ1n) is 3.70. The zero-order valence-corrected chi connectivity index (χ0v) is 8.31. The molecule has 64 valence electrons. The van der Waals surface area contributed by atoms with Gasteiger partial charge in [0.1, 0.15) is 0 Å². The molecule has 0 saturated carbocycles. The first kappa shape index (κ1) is 10.5. The molecule has 1 heterocycles. The Kier molecular flexibility index (Phi) is 3.59. The second kappa shape index (κ2) is 3.77. The van der Waals surface area contributed by atoms with Crippen LogP contribution >= 0.6 is 0 Å². The van der Waals surface area contributed by atoms with Crippen molar-refractivity contribution in [2.45, 2.75) is 27.3 Å². The molecule has 2 nitrogen and oxygen atoms in total. The number of hydrogen-bond donors (Lipinski definition) is 0. The molecule has 0 spiro atoms. The van der Waals surface area contributed by atoms with E-state index in [-0.39, 0.29) is 12.4 Å². The summed E-state index contributed by atoms with van der Waals surface area (Å²) >= 11 is 0. The lowest BCUT2D eigenvalue weighted by atomic mass is 10.4. The summed E-state index contributed by atoms with van der Waals surface area (Å²) in [5.74, 6) is 0. The number of rotatable bonds is 1. The van der Waals surface area contributed by atoms with Gasteiger partial charge in [-0.3, -0.25) is 0 Å². The summed E-state index contributed by atoms with van der Waals surface area (Å²) in [6.45, 7) is 7.47. The lowest BCUT2D eigenvalue weighted by molar-refractivity contribution is -0.758. The highest BCUT2D eigenvalue weighted by atomic mass is 35.5. The summed E-state index contributed by atoms with van der Waals surface area (Å²) in [4.78, 5) is 0. The first-order valence-corrected chi connectivity index (χ1v) is 3.70. The lowest BCUT2D eigenvalue weighted by Crippen LogP contribution is -3.00. The highest BCUT2D eigenvalue weighted by Gasteiger charge is 2.09. The van der Waals surface area contributed by atoms with Crippen molar-refractivity contribution in [2.75, 3.05) is 0 Å². The van der Waals surface area contributed by atoms with Gasteiger partial charge in [0, 0.05) is 13.0 Å². The van der Waals surface area contributed by atoms with Gasteiger partial charge in [0.25, 0.3) is 0 Å². The van der Waals surface area contributed by atoms with Crippen LogP contribution in [0.25, 0.3) is 0 Å². The maximum atomic E-state index is 2.25. The van der Waals surface area contributed by atoms with Crippen LogP contribution in [0.3, 0.4) is 0 Å². The average molecular weight is 175 g/mol. The second-order valence-electron chi connectivity index (χ2n) is 2.67. The van der Waals surface area contributed by atoms with E-state index < -0.39 is 0 Å². The third-order valence-corrected chi connectivity index (χ3v) is 2.00. The first-order chi connectivity index (χ1) is 4.66. The zero-order chi connectivity index (χ0) is 7.72. The zero-order valence-electron chi connectivity index (χ0n) is 7.56. The summed E-state index contributed by atoms with van der Waals surface area (Å²) < 4.78 is 4.42. The smallest absolute Gasteiger partial charge is 0.204 e. The molecule has 0 aromatic carbocycles. The fourth-order valence-electron chi connectivity index (χ4n) is 1.36. The molecule has 0 aliphatic rings. The summed E-state index contributed by atoms with van der Waals surface area (Å²) in [5.41, 5.74) is 2.65. The molecule has 1 aromatic rings. The van der Waals surface area contributed by atoms with Crippen LogP contribution in [-0.4, -0.2) is 4.68 Å². The molecular formula is C8H15ClN2. The summed E-state index contributed by atoms with van der Waals surface area (Å²) in [6, 6.07) is 2.20. The maximum absolute atomic E-state index is 2.25. The fraction of sp³-hybridized carbons (Fsp3) is 0.625. The molecule has 0 unspecified atom stereocenters. The SMILES string of the molecule is CCn1c(C)cc(C)[n+]1C.[Cl-]. The molecule has 0 fully saturated rings. The van der Waals surface area contributed by atoms with Crippen LogP contribution in [0.15, 0.2) is 6.07 Å². The second-order valence-corrected chi connectivity index (χ2v) is 2.67. The van der Waals surface area contributed by atoms with E-state index in [1.807, 2.05) is 0 Å². The van der Waals surface area contributed by atoms with E-state index in [0.717, 1.165) is 6.54 Å². The number of aromatic nitrogens is 2. The molecule has 0 aliphatic carbocycles. The average Bonchev–Trinajstić information content (AvgIpc) is 2.09. The van der Waals surface area contributed by atoms with Crippen molar-refractivity contribution in [1.29, 1.82) is 0 Å². The Balaban J connectivity index is 0.000001000. The molecule has 0 saturated heterocycles. The van der Waals surface area contributed by atoms with Crippen LogP contribution in [0.5, 0.6) is 0 Å². The molecule has 3 heteroatoms. The topological polar surface area (TPSA) is 8.81 Å². The number of aryl methyl sites for hydroxylation is 2. The van der Waals surface area contributed by atoms with Crippen LogP contribution in [0.1, 0.15) is 18.3 Å². The van der Waals surface area contributed by atoms with Gasteiger partial charge in [-0.15, -0.1) is 4.68 Å². The van der Waals surface area contributed by atoms with E-state index in [1.165, 1.54) is 11.4 Å². The Morgan fingerprint density at radius 1 is 1.45 bits per heavy atom. The lowest BCUT2D eigenvalue weighted by Gasteiger charge is -1.96. The summed E-state index contributed by atoms with van der Waals surface area (Å²) in [6.07, 6.45) is 0. The summed E-state index contributed by atoms with van der Waals surface area (Å²) in [7, 11) is 2.09. The molecule has 11 heavy (non-hydrogen) atoms. The third-order valence-electron chi connectivity index (χ3n) is 2.00. The quantitative estimate of drug-likeness (QED) is 0.434. The molecule has 0 radical (unpaired) electrons. The van der Waals surface area contributed by atoms with E-state index in [1.54, 1.807) is 0 Å². The van der Waals surface area contributed by atoms with Gasteiger partial charge in [-0.05, 0) is 13.8 Å². The van der Waals surface area contributed by atoms with Gasteiger partial charge in [-0.1, -0.05) is 0 Å². The van der Waals surface area contributed by atoms with Crippen LogP contribution in [-0.2, 0) is 13.6 Å². The minimum Gasteiger partial charge on any atom is -1.00 e. The number of hydrogen-bond acceptors (Lipinski definition) is 0. The van der Waals surface area contributed by atoms with Gasteiger partial charge in [-0.2, -0.15) is 4.68 Å². The highest BCUT2D eigenvalue weighted by Crippen LogP contribution is 1.97. The predicted octanol–water partition coefficient (Wildman–Crippen LogP) is -2.05. The molecule has 1 aromatic heterocycles. The van der Waals surface area contributed by atoms with E-state index in [4.69, 9.17) is 0 Å². The Hall–Kier alpha value is -0.500. The van der Waals surface area contributed by atoms with Crippen molar-refractivity contribution in [3.8, 4) is 0 Å². The van der Waals surface area contributed by atoms with Crippen LogP contribution < -0.4 is 17.1 Å². The van der Waals surface area contributed by atoms with Crippen LogP contribution in [0.4, 0.5) is 0 Å². The minimum atomic E-state index is 0. The highest BCUT2D eigenvalue weighted by molar-refractivity contribution is 5.00. The van der Waals surface area contributed by atoms with Crippen molar-refractivity contribution >= 4 is 0 Å². The molecule has 0 aliphatic heterocycles. The van der Waals surface area contributed by atoms with E-state index in [2.05, 4.69) is 43.2 Å². The van der Waals surface area contributed by atoms with E-state index in [0.29, 0.717) is 0 Å². The Bertz CT molecular complexity index is 240. The Labute approximate surface area is 74.2 Å². The Morgan fingerprint density at radius 3 is 2.18 bits per heavy atom. The maximum Gasteiger partial charge on any atom is 0.204 e. The molecule has 0 bridgehead atoms. The standard InChI is InChI=1S/C8H15N2.ClH/c1-5-10-8(3)6-7(2)9(10)4;/h6H,5H2,1-4H3;1H/q+1;/p-1. The largest absolute Gasteiger partial charge is 1.00 e. The van der Waals surface area contributed by atoms with Crippen molar-refractivity contribution in [3.63, 3.8) is 0 Å². The minimum absolute atomic E-state index is 0. The van der Waals surface area contributed by atoms with Gasteiger partial charge in [0.2, 0.25) is 5.69 Å². The molecule has 0 amide bonds. The van der Waals surface area contributed by atoms with Crippen molar-refractivity contribution < 1.29 is 17.1 Å². The van der Waals surface area contributed by atoms with Crippen molar-refractivity contribution in [1.82, 2.24) is 4.68 Å². The Morgan fingerprint density at radius 2 is 2.00 bits per heavy atom. The number of nitrogens with zero attached hydrogens (tertiary/aromatic N) is 2. The molecular weight excluding hydrogens is 160 g/mol. The van der Waals surface area contributed by atoms with Crippen molar-refractivity contribution in [3.05, 3.63) is 17.5 Å². The summed E-state index contributed by atoms with van der Waals surface area (Å²) in [5, 5.41) is 0. The van der Waals surface area contributed by atoms with E-state index >= 15 is 0 Å².